The second-order valence-corrected chi connectivity index (χ2v) is 8.44. The zero-order chi connectivity index (χ0) is 18.0. The van der Waals surface area contributed by atoms with Crippen LogP contribution in [0.4, 0.5) is 5.69 Å². The van der Waals surface area contributed by atoms with E-state index in [0.29, 0.717) is 10.0 Å². The van der Waals surface area contributed by atoms with Crippen molar-refractivity contribution in [2.45, 2.75) is 43.7 Å². The lowest BCUT2D eigenvalue weighted by Gasteiger charge is -2.24. The number of carbonyl (C=O) groups is 1. The fourth-order valence-electron chi connectivity index (χ4n) is 2.99. The Morgan fingerprint density at radius 3 is 2.44 bits per heavy atom. The lowest BCUT2D eigenvalue weighted by molar-refractivity contribution is -0.117. The van der Waals surface area contributed by atoms with Gasteiger partial charge >= 0.3 is 0 Å². The first-order chi connectivity index (χ1) is 12.0. The summed E-state index contributed by atoms with van der Waals surface area (Å²) in [4.78, 5) is 15.0. The van der Waals surface area contributed by atoms with Gasteiger partial charge in [-0.3, -0.25) is 9.69 Å². The van der Waals surface area contributed by atoms with E-state index in [1.54, 1.807) is 17.8 Å². The summed E-state index contributed by atoms with van der Waals surface area (Å²) < 4.78 is 0. The van der Waals surface area contributed by atoms with Gasteiger partial charge in [-0.1, -0.05) is 66.7 Å². The fourth-order valence-corrected chi connectivity index (χ4v) is 4.79. The lowest BCUT2D eigenvalue weighted by Crippen LogP contribution is -2.31. The first-order valence-electron chi connectivity index (χ1n) is 8.51. The van der Waals surface area contributed by atoms with Crippen LogP contribution in [0.2, 0.25) is 10.0 Å². The van der Waals surface area contributed by atoms with Gasteiger partial charge in [0.1, 0.15) is 5.37 Å². The third-order valence-electron chi connectivity index (χ3n) is 4.40. The number of aryl methyl sites for hydroxylation is 1. The summed E-state index contributed by atoms with van der Waals surface area (Å²) in [6.45, 7) is 4.20. The highest BCUT2D eigenvalue weighted by Crippen LogP contribution is 2.47. The Kier molecular flexibility index (Phi) is 5.98. The van der Waals surface area contributed by atoms with E-state index in [-0.39, 0.29) is 16.5 Å². The molecule has 0 aliphatic carbocycles. The maximum atomic E-state index is 13.1. The monoisotopic (exact) mass is 393 g/mol. The molecule has 0 saturated carbocycles. The average molecular weight is 394 g/mol. The van der Waals surface area contributed by atoms with E-state index in [9.17, 15) is 4.79 Å². The topological polar surface area (TPSA) is 20.3 Å². The van der Waals surface area contributed by atoms with Crippen LogP contribution < -0.4 is 4.90 Å². The van der Waals surface area contributed by atoms with Crippen LogP contribution >= 0.6 is 35.0 Å². The molecule has 0 aromatic heterocycles. The van der Waals surface area contributed by atoms with Crippen molar-refractivity contribution in [1.82, 2.24) is 0 Å². The van der Waals surface area contributed by atoms with Crippen molar-refractivity contribution in [2.75, 3.05) is 4.90 Å². The highest BCUT2D eigenvalue weighted by atomic mass is 35.5. The number of nitrogens with zero attached hydrogens (tertiary/aromatic N) is 1. The summed E-state index contributed by atoms with van der Waals surface area (Å²) >= 11 is 14.0. The Morgan fingerprint density at radius 2 is 1.80 bits per heavy atom. The number of unbranched alkanes of at least 4 members (excludes halogenated alkanes) is 1. The number of rotatable bonds is 5. The largest absolute Gasteiger partial charge is 0.295 e. The third kappa shape index (κ3) is 3.99. The molecule has 2 unspecified atom stereocenters. The van der Waals surface area contributed by atoms with Crippen LogP contribution in [0.25, 0.3) is 0 Å². The van der Waals surface area contributed by atoms with Crippen molar-refractivity contribution in [3.63, 3.8) is 0 Å². The molecule has 132 valence electrons. The maximum Gasteiger partial charge on any atom is 0.241 e. The zero-order valence-electron chi connectivity index (χ0n) is 14.3. The van der Waals surface area contributed by atoms with Crippen molar-refractivity contribution in [3.05, 3.63) is 63.6 Å². The van der Waals surface area contributed by atoms with Gasteiger partial charge in [0.05, 0.1) is 15.3 Å². The molecule has 1 heterocycles. The Labute approximate surface area is 163 Å². The van der Waals surface area contributed by atoms with Crippen LogP contribution in [-0.2, 0) is 4.79 Å². The van der Waals surface area contributed by atoms with Crippen LogP contribution in [0, 0.1) is 6.92 Å². The van der Waals surface area contributed by atoms with Crippen molar-refractivity contribution in [1.29, 1.82) is 0 Å². The van der Waals surface area contributed by atoms with Crippen molar-refractivity contribution in [3.8, 4) is 0 Å². The van der Waals surface area contributed by atoms with Gasteiger partial charge in [0.2, 0.25) is 5.91 Å². The number of halogens is 2. The van der Waals surface area contributed by atoms with Crippen LogP contribution in [0.5, 0.6) is 0 Å². The zero-order valence-corrected chi connectivity index (χ0v) is 16.7. The quantitative estimate of drug-likeness (QED) is 0.567. The fraction of sp³-hybridized carbons (Fsp3) is 0.350. The number of anilines is 1. The summed E-state index contributed by atoms with van der Waals surface area (Å²) in [6.07, 6.45) is 3.05. The Morgan fingerprint density at radius 1 is 1.08 bits per heavy atom. The smallest absolute Gasteiger partial charge is 0.241 e. The molecular weight excluding hydrogens is 373 g/mol. The number of carbonyl (C=O) groups excluding carboxylic acids is 1. The van der Waals surface area contributed by atoms with Crippen LogP contribution in [0.15, 0.2) is 42.5 Å². The van der Waals surface area contributed by atoms with E-state index in [0.717, 1.165) is 30.5 Å². The first-order valence-corrected chi connectivity index (χ1v) is 10.2. The van der Waals surface area contributed by atoms with Crippen molar-refractivity contribution < 1.29 is 4.79 Å². The Hall–Kier alpha value is -1.16. The molecule has 2 nitrogen and oxygen atoms in total. The number of benzene rings is 2. The number of thioether (sulfide) groups is 1. The highest BCUT2D eigenvalue weighted by Gasteiger charge is 2.41. The summed E-state index contributed by atoms with van der Waals surface area (Å²) in [6, 6.07) is 13.7. The minimum atomic E-state index is -0.0770. The Bertz CT molecular complexity index is 763. The lowest BCUT2D eigenvalue weighted by atomic mass is 10.1. The predicted molar refractivity (Wildman–Crippen MR) is 109 cm³/mol. The second-order valence-electron chi connectivity index (χ2n) is 6.34. The number of amides is 1. The van der Waals surface area contributed by atoms with E-state index < -0.39 is 0 Å². The van der Waals surface area contributed by atoms with Gasteiger partial charge in [-0.15, -0.1) is 11.8 Å². The van der Waals surface area contributed by atoms with Crippen LogP contribution in [-0.4, -0.2) is 11.2 Å². The third-order valence-corrected chi connectivity index (χ3v) is 6.65. The summed E-state index contributed by atoms with van der Waals surface area (Å²) in [5.74, 6) is 0.179. The molecule has 5 heteroatoms. The minimum absolute atomic E-state index is 0.0132. The molecule has 1 aliphatic rings. The van der Waals surface area contributed by atoms with Crippen molar-refractivity contribution in [2.24, 2.45) is 0 Å². The van der Waals surface area contributed by atoms with Gasteiger partial charge in [0.15, 0.2) is 0 Å². The molecule has 1 amide bonds. The molecule has 0 spiro atoms. The number of hydrogen-bond donors (Lipinski definition) is 0. The number of hydrogen-bond acceptors (Lipinski definition) is 2. The van der Waals surface area contributed by atoms with E-state index in [1.165, 1.54) is 5.56 Å². The van der Waals surface area contributed by atoms with Crippen molar-refractivity contribution >= 4 is 46.6 Å². The summed E-state index contributed by atoms with van der Waals surface area (Å²) in [7, 11) is 0. The normalized spacial score (nSPS) is 20.3. The van der Waals surface area contributed by atoms with Gasteiger partial charge in [-0.05, 0) is 43.2 Å². The molecule has 2 aromatic carbocycles. The van der Waals surface area contributed by atoms with E-state index in [2.05, 4.69) is 6.92 Å². The molecule has 2 atom stereocenters. The van der Waals surface area contributed by atoms with Gasteiger partial charge in [-0.25, -0.2) is 0 Å². The molecule has 0 N–H and O–H groups in total. The second kappa shape index (κ2) is 8.03. The van der Waals surface area contributed by atoms with Crippen LogP contribution in [0.3, 0.4) is 0 Å². The molecule has 1 fully saturated rings. The average Bonchev–Trinajstić information content (AvgIpc) is 2.93. The highest BCUT2D eigenvalue weighted by molar-refractivity contribution is 8.01. The maximum absolute atomic E-state index is 13.1. The molecule has 0 radical (unpaired) electrons. The van der Waals surface area contributed by atoms with Crippen LogP contribution in [0.1, 0.15) is 42.7 Å². The van der Waals surface area contributed by atoms with E-state index >= 15 is 0 Å². The molecule has 25 heavy (non-hydrogen) atoms. The predicted octanol–water partition coefficient (Wildman–Crippen LogP) is 6.64. The molecule has 1 aliphatic heterocycles. The molecule has 3 rings (SSSR count). The minimum Gasteiger partial charge on any atom is -0.295 e. The first kappa shape index (κ1) is 18.6. The van der Waals surface area contributed by atoms with Gasteiger partial charge < -0.3 is 0 Å². The summed E-state index contributed by atoms with van der Waals surface area (Å²) in [5.41, 5.74) is 3.11. The standard InChI is InChI=1S/C20H21Cl2NOS/c1-3-4-5-18-19(24)23(15-9-6-13(2)7-10-15)20(25-18)14-8-11-16(21)17(22)12-14/h6-12,18,20H,3-5H2,1-2H3. The SMILES string of the molecule is CCCCC1SC(c2ccc(Cl)c(Cl)c2)N(c2ccc(C)cc2)C1=O. The van der Waals surface area contributed by atoms with Gasteiger partial charge in [0, 0.05) is 5.69 Å². The van der Waals surface area contributed by atoms with E-state index in [4.69, 9.17) is 23.2 Å². The van der Waals surface area contributed by atoms with Gasteiger partial charge in [0.25, 0.3) is 0 Å². The Balaban J connectivity index is 1.98. The van der Waals surface area contributed by atoms with E-state index in [1.807, 2.05) is 48.2 Å². The molecule has 0 bridgehead atoms. The molecular formula is C20H21Cl2NOS. The molecule has 1 saturated heterocycles. The van der Waals surface area contributed by atoms with Gasteiger partial charge in [-0.2, -0.15) is 0 Å². The molecule has 2 aromatic rings. The summed E-state index contributed by atoms with van der Waals surface area (Å²) in [5, 5.41) is 0.963.